The lowest BCUT2D eigenvalue weighted by atomic mass is 10.1. The van der Waals surface area contributed by atoms with Crippen LogP contribution in [0.4, 0.5) is 0 Å². The molecule has 1 saturated heterocycles. The highest BCUT2D eigenvalue weighted by Gasteiger charge is 2.30. The standard InChI is InChI=1S/C19H24N4O3/c1-3-16(23-10-6-9-20-23)19(25)22-13-11-21(12-14-22)18(24)15-7-4-5-8-17(15)26-2/h4-10,16H,3,11-14H2,1-2H3/t16-/m0/s1. The third-order valence-corrected chi connectivity index (χ3v) is 4.73. The summed E-state index contributed by atoms with van der Waals surface area (Å²) in [6, 6.07) is 8.74. The lowest BCUT2D eigenvalue weighted by Crippen LogP contribution is -2.52. The van der Waals surface area contributed by atoms with E-state index in [9.17, 15) is 9.59 Å². The molecule has 0 radical (unpaired) electrons. The van der Waals surface area contributed by atoms with Crippen molar-refractivity contribution < 1.29 is 14.3 Å². The average Bonchev–Trinajstić information content (AvgIpc) is 3.22. The maximum Gasteiger partial charge on any atom is 0.257 e. The van der Waals surface area contributed by atoms with Gasteiger partial charge in [0.05, 0.1) is 12.7 Å². The third-order valence-electron chi connectivity index (χ3n) is 4.73. The lowest BCUT2D eigenvalue weighted by molar-refractivity contribution is -0.136. The predicted molar refractivity (Wildman–Crippen MR) is 97.0 cm³/mol. The molecule has 2 amide bonds. The molecule has 1 aromatic heterocycles. The molecule has 0 unspecified atom stereocenters. The van der Waals surface area contributed by atoms with Crippen molar-refractivity contribution in [1.82, 2.24) is 19.6 Å². The van der Waals surface area contributed by atoms with E-state index in [1.165, 1.54) is 0 Å². The van der Waals surface area contributed by atoms with Gasteiger partial charge in [-0.25, -0.2) is 0 Å². The number of hydrogen-bond acceptors (Lipinski definition) is 4. The van der Waals surface area contributed by atoms with E-state index in [0.717, 1.165) is 0 Å². The fourth-order valence-corrected chi connectivity index (χ4v) is 3.27. The Hall–Kier alpha value is -2.83. The maximum absolute atomic E-state index is 12.8. The summed E-state index contributed by atoms with van der Waals surface area (Å²) in [6.07, 6.45) is 4.17. The van der Waals surface area contributed by atoms with Crippen molar-refractivity contribution in [1.29, 1.82) is 0 Å². The topological polar surface area (TPSA) is 67.7 Å². The summed E-state index contributed by atoms with van der Waals surface area (Å²) in [5.74, 6) is 0.565. The van der Waals surface area contributed by atoms with E-state index < -0.39 is 0 Å². The van der Waals surface area contributed by atoms with Crippen LogP contribution >= 0.6 is 0 Å². The molecule has 3 rings (SSSR count). The minimum atomic E-state index is -0.290. The quantitative estimate of drug-likeness (QED) is 0.820. The molecule has 26 heavy (non-hydrogen) atoms. The van der Waals surface area contributed by atoms with Crippen LogP contribution in [-0.2, 0) is 4.79 Å². The van der Waals surface area contributed by atoms with Crippen LogP contribution in [0, 0.1) is 0 Å². The number of rotatable bonds is 5. The number of methoxy groups -OCH3 is 1. The van der Waals surface area contributed by atoms with Gasteiger partial charge in [-0.15, -0.1) is 0 Å². The summed E-state index contributed by atoms with van der Waals surface area (Å²) in [6.45, 7) is 4.05. The lowest BCUT2D eigenvalue weighted by Gasteiger charge is -2.36. The van der Waals surface area contributed by atoms with Gasteiger partial charge in [-0.05, 0) is 24.6 Å². The molecule has 138 valence electrons. The Labute approximate surface area is 153 Å². The van der Waals surface area contributed by atoms with Crippen LogP contribution in [-0.4, -0.2) is 64.7 Å². The van der Waals surface area contributed by atoms with Gasteiger partial charge in [0.25, 0.3) is 5.91 Å². The van der Waals surface area contributed by atoms with E-state index >= 15 is 0 Å². The fourth-order valence-electron chi connectivity index (χ4n) is 3.27. The smallest absolute Gasteiger partial charge is 0.257 e. The zero-order valence-corrected chi connectivity index (χ0v) is 15.2. The first-order chi connectivity index (χ1) is 12.7. The van der Waals surface area contributed by atoms with Crippen LogP contribution in [0.15, 0.2) is 42.7 Å². The first-order valence-corrected chi connectivity index (χ1v) is 8.86. The van der Waals surface area contributed by atoms with E-state index in [1.54, 1.807) is 35.0 Å². The number of hydrogen-bond donors (Lipinski definition) is 0. The number of carbonyl (C=O) groups excluding carboxylic acids is 2. The Balaban J connectivity index is 1.63. The second-order valence-electron chi connectivity index (χ2n) is 6.23. The number of para-hydroxylation sites is 1. The number of piperazine rings is 1. The highest BCUT2D eigenvalue weighted by Crippen LogP contribution is 2.21. The summed E-state index contributed by atoms with van der Waals surface area (Å²) < 4.78 is 6.99. The second-order valence-corrected chi connectivity index (χ2v) is 6.23. The summed E-state index contributed by atoms with van der Waals surface area (Å²) >= 11 is 0. The van der Waals surface area contributed by atoms with E-state index in [2.05, 4.69) is 5.10 Å². The minimum Gasteiger partial charge on any atom is -0.496 e. The number of ether oxygens (including phenoxy) is 1. The van der Waals surface area contributed by atoms with E-state index in [-0.39, 0.29) is 17.9 Å². The van der Waals surface area contributed by atoms with E-state index in [1.807, 2.05) is 36.2 Å². The van der Waals surface area contributed by atoms with Crippen LogP contribution < -0.4 is 4.74 Å². The van der Waals surface area contributed by atoms with Crippen LogP contribution in [0.2, 0.25) is 0 Å². The molecule has 0 spiro atoms. The molecule has 2 heterocycles. The molecule has 7 heteroatoms. The van der Waals surface area contributed by atoms with Crippen LogP contribution in [0.25, 0.3) is 0 Å². The molecule has 1 atom stereocenters. The van der Waals surface area contributed by atoms with Crippen LogP contribution in [0.3, 0.4) is 0 Å². The molecular weight excluding hydrogens is 332 g/mol. The van der Waals surface area contributed by atoms with Gasteiger partial charge in [0.1, 0.15) is 11.8 Å². The maximum atomic E-state index is 12.8. The van der Waals surface area contributed by atoms with Gasteiger partial charge in [0.15, 0.2) is 0 Å². The Bertz CT molecular complexity index is 752. The van der Waals surface area contributed by atoms with Gasteiger partial charge < -0.3 is 14.5 Å². The predicted octanol–water partition coefficient (Wildman–Crippen LogP) is 1.83. The van der Waals surface area contributed by atoms with Gasteiger partial charge in [0, 0.05) is 38.6 Å². The zero-order valence-electron chi connectivity index (χ0n) is 15.2. The molecule has 1 aromatic carbocycles. The molecule has 2 aromatic rings. The molecular formula is C19H24N4O3. The highest BCUT2D eigenvalue weighted by molar-refractivity contribution is 5.97. The third kappa shape index (κ3) is 3.56. The monoisotopic (exact) mass is 356 g/mol. The van der Waals surface area contributed by atoms with Gasteiger partial charge >= 0.3 is 0 Å². The van der Waals surface area contributed by atoms with Crippen LogP contribution in [0.1, 0.15) is 29.7 Å². The highest BCUT2D eigenvalue weighted by atomic mass is 16.5. The second kappa shape index (κ2) is 8.03. The van der Waals surface area contributed by atoms with Crippen molar-refractivity contribution in [3.8, 4) is 5.75 Å². The van der Waals surface area contributed by atoms with E-state index in [0.29, 0.717) is 43.9 Å². The van der Waals surface area contributed by atoms with Crippen molar-refractivity contribution in [2.45, 2.75) is 19.4 Å². The Kier molecular flexibility index (Phi) is 5.55. The Morgan fingerprint density at radius 3 is 2.42 bits per heavy atom. The Morgan fingerprint density at radius 2 is 1.81 bits per heavy atom. The first-order valence-electron chi connectivity index (χ1n) is 8.86. The van der Waals surface area contributed by atoms with Gasteiger partial charge in [-0.2, -0.15) is 5.10 Å². The summed E-state index contributed by atoms with van der Waals surface area (Å²) in [5.41, 5.74) is 0.553. The van der Waals surface area contributed by atoms with E-state index in [4.69, 9.17) is 4.74 Å². The van der Waals surface area contributed by atoms with Crippen LogP contribution in [0.5, 0.6) is 5.75 Å². The minimum absolute atomic E-state index is 0.0561. The zero-order chi connectivity index (χ0) is 18.5. The van der Waals surface area contributed by atoms with Crippen molar-refractivity contribution >= 4 is 11.8 Å². The number of nitrogens with zero attached hydrogens (tertiary/aromatic N) is 4. The normalized spacial score (nSPS) is 15.6. The number of aromatic nitrogens is 2. The number of carbonyl (C=O) groups is 2. The summed E-state index contributed by atoms with van der Waals surface area (Å²) in [4.78, 5) is 29.2. The van der Waals surface area contributed by atoms with Crippen molar-refractivity contribution in [3.05, 3.63) is 48.3 Å². The SMILES string of the molecule is CC[C@@H](C(=O)N1CCN(C(=O)c2ccccc2OC)CC1)n1cccn1. The molecule has 0 saturated carbocycles. The summed E-state index contributed by atoms with van der Waals surface area (Å²) in [5, 5.41) is 4.20. The molecule has 0 bridgehead atoms. The largest absolute Gasteiger partial charge is 0.496 e. The molecule has 7 nitrogen and oxygen atoms in total. The molecule has 0 aliphatic carbocycles. The molecule has 0 N–H and O–H groups in total. The summed E-state index contributed by atoms with van der Waals surface area (Å²) in [7, 11) is 1.56. The molecule has 1 aliphatic heterocycles. The van der Waals surface area contributed by atoms with Gasteiger partial charge in [0.2, 0.25) is 5.91 Å². The molecule has 1 aliphatic rings. The fraction of sp³-hybridized carbons (Fsp3) is 0.421. The van der Waals surface area contributed by atoms with Crippen molar-refractivity contribution in [3.63, 3.8) is 0 Å². The molecule has 1 fully saturated rings. The van der Waals surface area contributed by atoms with Gasteiger partial charge in [-0.3, -0.25) is 14.3 Å². The Morgan fingerprint density at radius 1 is 1.12 bits per heavy atom. The average molecular weight is 356 g/mol. The first kappa shape index (κ1) is 18.0. The number of benzene rings is 1. The van der Waals surface area contributed by atoms with Gasteiger partial charge in [-0.1, -0.05) is 19.1 Å². The van der Waals surface area contributed by atoms with Crippen molar-refractivity contribution in [2.75, 3.05) is 33.3 Å². The number of amides is 2. The van der Waals surface area contributed by atoms with Crippen molar-refractivity contribution in [2.24, 2.45) is 0 Å².